The lowest BCUT2D eigenvalue weighted by Gasteiger charge is -2.10. The monoisotopic (exact) mass is 393 g/mol. The number of amides is 1. The molecule has 2 heterocycles. The zero-order valence-electron chi connectivity index (χ0n) is 16.2. The summed E-state index contributed by atoms with van der Waals surface area (Å²) in [5.41, 5.74) is 2.13. The van der Waals surface area contributed by atoms with Crippen LogP contribution in [0, 0.1) is 0 Å². The molecule has 0 bridgehead atoms. The Morgan fingerprint density at radius 1 is 1.24 bits per heavy atom. The van der Waals surface area contributed by atoms with Crippen LogP contribution >= 0.6 is 0 Å². The Morgan fingerprint density at radius 3 is 2.72 bits per heavy atom. The molecule has 1 aliphatic rings. The van der Waals surface area contributed by atoms with Crippen molar-refractivity contribution in [1.82, 2.24) is 15.5 Å². The van der Waals surface area contributed by atoms with E-state index in [-0.39, 0.29) is 17.7 Å². The number of carbonyl (C=O) groups is 2. The van der Waals surface area contributed by atoms with Gasteiger partial charge in [-0.1, -0.05) is 55.3 Å². The molecule has 2 N–H and O–H groups in total. The number of carbonyl (C=O) groups excluding carboxylic acids is 2. The predicted octanol–water partition coefficient (Wildman–Crippen LogP) is 4.49. The number of benzene rings is 1. The smallest absolute Gasteiger partial charge is 0.393 e. The highest BCUT2D eigenvalue weighted by Gasteiger charge is 2.25. The minimum Gasteiger partial charge on any atom is -0.393 e. The van der Waals surface area contributed by atoms with E-state index in [0.29, 0.717) is 29.0 Å². The van der Waals surface area contributed by atoms with Gasteiger partial charge in [0, 0.05) is 35.9 Å². The second-order valence-electron chi connectivity index (χ2n) is 7.15. The van der Waals surface area contributed by atoms with Crippen molar-refractivity contribution in [3.8, 4) is 17.1 Å². The second-order valence-corrected chi connectivity index (χ2v) is 7.15. The predicted molar refractivity (Wildman–Crippen MR) is 107 cm³/mol. The van der Waals surface area contributed by atoms with Gasteiger partial charge in [0.1, 0.15) is 11.5 Å². The number of hydrogen-bond acceptors (Lipinski definition) is 5. The van der Waals surface area contributed by atoms with Gasteiger partial charge in [0.05, 0.1) is 5.56 Å². The number of aromatic nitrogens is 2. The van der Waals surface area contributed by atoms with Gasteiger partial charge < -0.3 is 19.6 Å². The standard InChI is InChI=1S/C22H23N3O4/c1-2-17-19(20(25-29-17)14-8-4-3-5-9-14)21(26)15-12-18(23-13-15)28-22(27)24-16-10-6-7-11-16/h3-5,8-9,12-13,16,23H,2,6-7,10-11H2,1H3,(H,24,27). The van der Waals surface area contributed by atoms with Gasteiger partial charge in [-0.15, -0.1) is 0 Å². The van der Waals surface area contributed by atoms with Gasteiger partial charge in [-0.2, -0.15) is 0 Å². The van der Waals surface area contributed by atoms with E-state index in [1.807, 2.05) is 37.3 Å². The summed E-state index contributed by atoms with van der Waals surface area (Å²) in [5, 5.41) is 6.97. The molecule has 4 rings (SSSR count). The number of rotatable bonds is 6. The van der Waals surface area contributed by atoms with E-state index in [1.54, 1.807) is 0 Å². The highest BCUT2D eigenvalue weighted by atomic mass is 16.6. The van der Waals surface area contributed by atoms with Crippen LogP contribution in [-0.2, 0) is 6.42 Å². The summed E-state index contributed by atoms with van der Waals surface area (Å²) in [6.07, 6.45) is 5.74. The number of nitrogens with one attached hydrogen (secondary N) is 2. The fourth-order valence-electron chi connectivity index (χ4n) is 3.67. The van der Waals surface area contributed by atoms with Crippen molar-refractivity contribution in [3.63, 3.8) is 0 Å². The van der Waals surface area contributed by atoms with E-state index in [4.69, 9.17) is 9.26 Å². The van der Waals surface area contributed by atoms with Crippen molar-refractivity contribution in [2.24, 2.45) is 0 Å². The molecule has 29 heavy (non-hydrogen) atoms. The first kappa shape index (κ1) is 19.0. The van der Waals surface area contributed by atoms with Crippen LogP contribution < -0.4 is 10.1 Å². The zero-order valence-corrected chi connectivity index (χ0v) is 16.2. The molecule has 1 aliphatic carbocycles. The zero-order chi connectivity index (χ0) is 20.2. The van der Waals surface area contributed by atoms with E-state index >= 15 is 0 Å². The lowest BCUT2D eigenvalue weighted by molar-refractivity contribution is 0.103. The van der Waals surface area contributed by atoms with Crippen LogP contribution in [0.2, 0.25) is 0 Å². The molecular formula is C22H23N3O4. The number of nitrogens with zero attached hydrogens (tertiary/aromatic N) is 1. The first-order chi connectivity index (χ1) is 14.2. The molecule has 2 aromatic heterocycles. The molecule has 1 amide bonds. The van der Waals surface area contributed by atoms with Crippen molar-refractivity contribution in [2.75, 3.05) is 0 Å². The van der Waals surface area contributed by atoms with E-state index < -0.39 is 6.09 Å². The Kier molecular flexibility index (Phi) is 5.46. The van der Waals surface area contributed by atoms with Gasteiger partial charge in [0.15, 0.2) is 0 Å². The third kappa shape index (κ3) is 4.08. The van der Waals surface area contributed by atoms with Gasteiger partial charge in [0.25, 0.3) is 0 Å². The number of aryl methyl sites for hydroxylation is 1. The summed E-state index contributed by atoms with van der Waals surface area (Å²) in [7, 11) is 0. The fraction of sp³-hybridized carbons (Fsp3) is 0.318. The summed E-state index contributed by atoms with van der Waals surface area (Å²) in [5.74, 6) is 0.514. The fourth-order valence-corrected chi connectivity index (χ4v) is 3.67. The second kappa shape index (κ2) is 8.34. The van der Waals surface area contributed by atoms with Crippen molar-refractivity contribution in [2.45, 2.75) is 45.1 Å². The van der Waals surface area contributed by atoms with E-state index in [9.17, 15) is 9.59 Å². The minimum absolute atomic E-state index is 0.163. The van der Waals surface area contributed by atoms with Gasteiger partial charge in [-0.05, 0) is 12.8 Å². The Balaban J connectivity index is 1.53. The maximum atomic E-state index is 13.2. The molecule has 0 atom stereocenters. The summed E-state index contributed by atoms with van der Waals surface area (Å²) >= 11 is 0. The number of ether oxygens (including phenoxy) is 1. The lowest BCUT2D eigenvalue weighted by atomic mass is 9.98. The topological polar surface area (TPSA) is 97.2 Å². The van der Waals surface area contributed by atoms with Crippen molar-refractivity contribution < 1.29 is 18.8 Å². The average molecular weight is 393 g/mol. The van der Waals surface area contributed by atoms with Crippen LogP contribution in [0.4, 0.5) is 4.79 Å². The van der Waals surface area contributed by atoms with Crippen LogP contribution in [0.5, 0.6) is 5.88 Å². The SMILES string of the molecule is CCc1onc(-c2ccccc2)c1C(=O)c1c[nH]c(OC(=O)NC2CCCC2)c1. The molecule has 0 spiro atoms. The third-order valence-corrected chi connectivity index (χ3v) is 5.16. The summed E-state index contributed by atoms with van der Waals surface area (Å²) in [6, 6.07) is 11.1. The summed E-state index contributed by atoms with van der Waals surface area (Å²) in [6.45, 7) is 1.91. The first-order valence-electron chi connectivity index (χ1n) is 9.91. The van der Waals surface area contributed by atoms with Crippen molar-refractivity contribution >= 4 is 11.9 Å². The number of hydrogen-bond donors (Lipinski definition) is 2. The van der Waals surface area contributed by atoms with E-state index in [0.717, 1.165) is 31.2 Å². The van der Waals surface area contributed by atoms with Gasteiger partial charge in [-0.3, -0.25) is 4.79 Å². The van der Waals surface area contributed by atoms with Crippen LogP contribution in [0.15, 0.2) is 47.1 Å². The molecule has 7 heteroatoms. The van der Waals surface area contributed by atoms with Crippen LogP contribution in [0.3, 0.4) is 0 Å². The quantitative estimate of drug-likeness (QED) is 0.601. The molecule has 0 unspecified atom stereocenters. The molecule has 0 radical (unpaired) electrons. The molecule has 1 aromatic carbocycles. The highest BCUT2D eigenvalue weighted by molar-refractivity contribution is 6.13. The Morgan fingerprint density at radius 2 is 2.00 bits per heavy atom. The van der Waals surface area contributed by atoms with Gasteiger partial charge >= 0.3 is 6.09 Å². The first-order valence-corrected chi connectivity index (χ1v) is 9.91. The van der Waals surface area contributed by atoms with Crippen molar-refractivity contribution in [1.29, 1.82) is 0 Å². The Labute approximate surface area is 168 Å². The normalized spacial score (nSPS) is 14.1. The largest absolute Gasteiger partial charge is 0.414 e. The molecular weight excluding hydrogens is 370 g/mol. The van der Waals surface area contributed by atoms with Gasteiger partial charge in [-0.25, -0.2) is 4.79 Å². The van der Waals surface area contributed by atoms with Crippen LogP contribution in [-0.4, -0.2) is 28.1 Å². The van der Waals surface area contributed by atoms with E-state index in [1.165, 1.54) is 12.3 Å². The maximum absolute atomic E-state index is 13.2. The average Bonchev–Trinajstić information content (AvgIpc) is 3.48. The summed E-state index contributed by atoms with van der Waals surface area (Å²) < 4.78 is 10.7. The molecule has 0 saturated heterocycles. The van der Waals surface area contributed by atoms with Gasteiger partial charge in [0.2, 0.25) is 11.7 Å². The maximum Gasteiger partial charge on any atom is 0.414 e. The van der Waals surface area contributed by atoms with E-state index in [2.05, 4.69) is 15.5 Å². The van der Waals surface area contributed by atoms with Crippen LogP contribution in [0.1, 0.15) is 54.3 Å². The molecule has 1 fully saturated rings. The summed E-state index contributed by atoms with van der Waals surface area (Å²) in [4.78, 5) is 28.1. The number of ketones is 1. The molecule has 7 nitrogen and oxygen atoms in total. The minimum atomic E-state index is -0.512. The number of H-pyrrole nitrogens is 1. The van der Waals surface area contributed by atoms with Crippen LogP contribution in [0.25, 0.3) is 11.3 Å². The molecule has 0 aliphatic heterocycles. The lowest BCUT2D eigenvalue weighted by Crippen LogP contribution is -2.34. The Hall–Kier alpha value is -3.35. The van der Waals surface area contributed by atoms with Crippen molar-refractivity contribution in [3.05, 3.63) is 59.5 Å². The highest BCUT2D eigenvalue weighted by Crippen LogP contribution is 2.29. The Bertz CT molecular complexity index is 1000. The molecule has 1 saturated carbocycles. The third-order valence-electron chi connectivity index (χ3n) is 5.16. The molecule has 3 aromatic rings. The number of aromatic amines is 1. The molecule has 150 valence electrons.